The Morgan fingerprint density at radius 2 is 0.752 bits per heavy atom. The van der Waals surface area contributed by atoms with Gasteiger partial charge in [-0.2, -0.15) is 52.7 Å². The number of aliphatic carboxylic acids is 1. The summed E-state index contributed by atoms with van der Waals surface area (Å²) in [6, 6.07) is 42.1. The first kappa shape index (κ1) is 92.7. The molecule has 678 valence electrons. The molecule has 16 aromatic rings. The van der Waals surface area contributed by atoms with Gasteiger partial charge >= 0.3 is 48.6 Å². The first-order valence-electron chi connectivity index (χ1n) is 41.4. The number of rotatable bonds is 33. The minimum Gasteiger partial charge on any atom is -0.493 e. The topological polar surface area (TPSA) is 310 Å². The van der Waals surface area contributed by atoms with Gasteiger partial charge in [0.05, 0.1) is 65.5 Å². The van der Waals surface area contributed by atoms with E-state index >= 15 is 0 Å². The predicted molar refractivity (Wildman–Crippen MR) is 452 cm³/mol. The molecule has 8 heterocycles. The lowest BCUT2D eigenvalue weighted by Crippen LogP contribution is -2.11. The highest BCUT2D eigenvalue weighted by atomic mass is 19.4. The van der Waals surface area contributed by atoms with Gasteiger partial charge in [-0.15, -0.1) is 0 Å². The second-order valence-corrected chi connectivity index (χ2v) is 30.2. The van der Waals surface area contributed by atoms with Crippen LogP contribution in [0.15, 0.2) is 188 Å². The fourth-order valence-corrected chi connectivity index (χ4v) is 15.7. The largest absolute Gasteiger partial charge is 0.493 e. The molecule has 0 unspecified atom stereocenters. The van der Waals surface area contributed by atoms with Gasteiger partial charge in [0.2, 0.25) is 0 Å². The van der Waals surface area contributed by atoms with E-state index in [2.05, 4.69) is 20.6 Å². The van der Waals surface area contributed by atoms with Crippen molar-refractivity contribution in [2.75, 3.05) is 26.4 Å². The molecular formula is C93H86F12N8O16. The van der Waals surface area contributed by atoms with Crippen molar-refractivity contribution in [3.8, 4) is 23.0 Å². The summed E-state index contributed by atoms with van der Waals surface area (Å²) in [7, 11) is 0. The van der Waals surface area contributed by atoms with E-state index in [4.69, 9.17) is 42.1 Å². The lowest BCUT2D eigenvalue weighted by Gasteiger charge is -2.13. The Hall–Kier alpha value is -14.0. The molecule has 8 aromatic heterocycles. The van der Waals surface area contributed by atoms with Gasteiger partial charge in [-0.25, -0.2) is 14.4 Å². The van der Waals surface area contributed by atoms with Crippen LogP contribution in [0.1, 0.15) is 161 Å². The number of carbonyl (C=O) groups is 4. The molecule has 0 bridgehead atoms. The maximum atomic E-state index is 13.2. The second kappa shape index (κ2) is 39.9. The van der Waals surface area contributed by atoms with E-state index in [-0.39, 0.29) is 73.7 Å². The van der Waals surface area contributed by atoms with Crippen molar-refractivity contribution >= 4 is 111 Å². The zero-order valence-corrected chi connectivity index (χ0v) is 69.8. The van der Waals surface area contributed by atoms with Gasteiger partial charge in [0.25, 0.3) is 0 Å². The Bertz CT molecular complexity index is 6690. The van der Waals surface area contributed by atoms with Gasteiger partial charge in [-0.1, -0.05) is 129 Å². The van der Waals surface area contributed by atoms with Crippen LogP contribution < -0.4 is 18.9 Å². The van der Waals surface area contributed by atoms with Crippen LogP contribution in [0.3, 0.4) is 0 Å². The van der Waals surface area contributed by atoms with E-state index in [1.165, 1.54) is 42.5 Å². The van der Waals surface area contributed by atoms with Crippen LogP contribution in [-0.2, 0) is 87.8 Å². The van der Waals surface area contributed by atoms with E-state index in [0.717, 1.165) is 43.8 Å². The molecule has 24 nitrogen and oxygen atoms in total. The Labute approximate surface area is 725 Å². The summed E-state index contributed by atoms with van der Waals surface area (Å²) in [6.07, 6.45) is -5.85. The standard InChI is InChI=1S/C24H23F3N2O4.3C23H21F3N2O4/c1-2-5-17-20(9-8-18-22(17)33-28-23(18)24(25,26)27)32-13-4-11-29-12-10-16-15(14-21(30)31)6-3-7-19(16)29;1-2-6-15-19(10-9-16-20(15)32-27-21(16)23(24,25)26)31-12-5-11-28-13-17(22(29)30)14-7-3-4-8-18(14)28;1-2-6-15-19(10-9-16-20(15)32-27-21(16)23(24,25)26)31-12-5-11-28-17-8-4-3-7-14(17)13-18(28)22(29)30;1-2-4-16-19(8-7-17-20(16)32-27-21(17)23(24,25)26)31-12-3-10-28-11-9-14-5-6-15(22(29)30)13-18(14)28/h3,6-10,12H,2,4-5,11,13-14H2,1H3,(H,30,31);2*3-4,7-10,13H,2,5-6,11-12H2,1H3,(H,29,30);5-9,11,13H,2-4,10,12H2,1H3,(H,29,30). The number of nitrogens with zero attached hydrogens (tertiary/aromatic N) is 8. The molecule has 0 saturated carbocycles. The van der Waals surface area contributed by atoms with E-state index in [9.17, 15) is 87.2 Å². The average Bonchev–Trinajstić information content (AvgIpc) is 1.63. The summed E-state index contributed by atoms with van der Waals surface area (Å²) in [5, 5.41) is 53.2. The molecule has 0 atom stereocenters. The van der Waals surface area contributed by atoms with E-state index in [1.807, 2.05) is 121 Å². The lowest BCUT2D eigenvalue weighted by atomic mass is 10.0. The van der Waals surface area contributed by atoms with E-state index in [1.54, 1.807) is 53.2 Å². The molecule has 8 aromatic carbocycles. The van der Waals surface area contributed by atoms with Crippen LogP contribution in [0.4, 0.5) is 52.7 Å². The summed E-state index contributed by atoms with van der Waals surface area (Å²) in [4.78, 5) is 45.4. The van der Waals surface area contributed by atoms with Gasteiger partial charge < -0.3 is 75.7 Å². The number of alkyl halides is 12. The number of carboxylic acid groups (broad SMARTS) is 4. The molecule has 4 N–H and O–H groups in total. The lowest BCUT2D eigenvalue weighted by molar-refractivity contribution is -0.142. The zero-order chi connectivity index (χ0) is 92.2. The Kier molecular flexibility index (Phi) is 28.7. The highest BCUT2D eigenvalue weighted by Crippen LogP contribution is 2.44. The van der Waals surface area contributed by atoms with Gasteiger partial charge in [0, 0.05) is 105 Å². The van der Waals surface area contributed by atoms with Crippen LogP contribution in [-0.4, -0.2) is 110 Å². The number of fused-ring (bicyclic) bond motifs is 8. The second-order valence-electron chi connectivity index (χ2n) is 30.2. The van der Waals surface area contributed by atoms with Crippen molar-refractivity contribution in [3.63, 3.8) is 0 Å². The summed E-state index contributed by atoms with van der Waals surface area (Å²) >= 11 is 0. The third kappa shape index (κ3) is 21.0. The van der Waals surface area contributed by atoms with Crippen molar-refractivity contribution in [2.24, 2.45) is 0 Å². The maximum absolute atomic E-state index is 13.2. The Balaban J connectivity index is 0.000000147. The highest BCUT2D eigenvalue weighted by molar-refractivity contribution is 6.03. The quantitative estimate of drug-likeness (QED) is 0.0219. The molecule has 0 aliphatic carbocycles. The first-order valence-corrected chi connectivity index (χ1v) is 41.4. The maximum Gasteiger partial charge on any atom is 0.437 e. The van der Waals surface area contributed by atoms with Crippen LogP contribution in [0.25, 0.3) is 87.5 Å². The molecule has 0 aliphatic heterocycles. The van der Waals surface area contributed by atoms with Gasteiger partial charge in [-0.05, 0) is 159 Å². The fraction of sp³-hybridized carbons (Fsp3) is 0.312. The third-order valence-corrected chi connectivity index (χ3v) is 21.4. The third-order valence-electron chi connectivity index (χ3n) is 21.4. The van der Waals surface area contributed by atoms with E-state index in [0.29, 0.717) is 174 Å². The molecule has 0 fully saturated rings. The Morgan fingerprint density at radius 3 is 1.16 bits per heavy atom. The van der Waals surface area contributed by atoms with Gasteiger partial charge in [-0.3, -0.25) is 4.79 Å². The number of para-hydroxylation sites is 2. The summed E-state index contributed by atoms with van der Waals surface area (Å²) in [5.41, 5.74) is 3.35. The number of hydrogen-bond donors (Lipinski definition) is 4. The molecule has 129 heavy (non-hydrogen) atoms. The normalized spacial score (nSPS) is 12.0. The number of aromatic carboxylic acids is 3. The van der Waals surface area contributed by atoms with Crippen LogP contribution >= 0.6 is 0 Å². The SMILES string of the molecule is CCCc1c(OCCCn2c(C(=O)O)cc3ccccc32)ccc2c(C(F)(F)F)noc12.CCCc1c(OCCCn2cc(C(=O)O)c3ccccc32)ccc2c(C(F)(F)F)noc12.CCCc1c(OCCCn2ccc3c(CC(=O)O)cccc32)ccc2c(C(F)(F)F)noc12.CCCc1c(OCCCn2ccc3ccc(C(=O)O)cc32)ccc2c(C(F)(F)F)noc12. The monoisotopic (exact) mass is 1800 g/mol. The van der Waals surface area contributed by atoms with E-state index < -0.39 is 71.4 Å². The minimum absolute atomic E-state index is 0.0369. The number of ether oxygens (including phenoxy) is 4. The molecule has 16 rings (SSSR count). The van der Waals surface area contributed by atoms with Crippen LogP contribution in [0, 0.1) is 0 Å². The Morgan fingerprint density at radius 1 is 0.364 bits per heavy atom. The van der Waals surface area contributed by atoms with Crippen molar-refractivity contribution in [1.29, 1.82) is 0 Å². The number of aromatic nitrogens is 8. The fourth-order valence-electron chi connectivity index (χ4n) is 15.7. The molecule has 0 spiro atoms. The molecular weight excluding hydrogens is 1710 g/mol. The van der Waals surface area contributed by atoms with Gasteiger partial charge in [0.1, 0.15) is 28.7 Å². The number of halogens is 12. The van der Waals surface area contributed by atoms with Crippen molar-refractivity contribution < 1.29 is 129 Å². The van der Waals surface area contributed by atoms with Crippen molar-refractivity contribution in [1.82, 2.24) is 38.9 Å². The highest BCUT2D eigenvalue weighted by Gasteiger charge is 2.42. The number of benzene rings is 8. The van der Waals surface area contributed by atoms with Gasteiger partial charge in [0.15, 0.2) is 45.1 Å². The summed E-state index contributed by atoms with van der Waals surface area (Å²) in [5.74, 6) is -1.97. The minimum atomic E-state index is -4.60. The molecule has 0 saturated heterocycles. The first-order chi connectivity index (χ1) is 61.7. The number of carboxylic acids is 4. The average molecular weight is 1800 g/mol. The summed E-state index contributed by atoms with van der Waals surface area (Å²) in [6.45, 7) is 11.1. The molecule has 0 amide bonds. The predicted octanol–water partition coefficient (Wildman–Crippen LogP) is 23.6. The molecule has 36 heteroatoms. The van der Waals surface area contributed by atoms with Crippen LogP contribution in [0.2, 0.25) is 0 Å². The van der Waals surface area contributed by atoms with Crippen LogP contribution in [0.5, 0.6) is 23.0 Å². The summed E-state index contributed by atoms with van der Waals surface area (Å²) < 4.78 is 209. The molecule has 0 radical (unpaired) electrons. The zero-order valence-electron chi connectivity index (χ0n) is 69.8. The van der Waals surface area contributed by atoms with Crippen molar-refractivity contribution in [3.05, 3.63) is 238 Å². The molecule has 0 aliphatic rings. The smallest absolute Gasteiger partial charge is 0.437 e. The number of hydrogen-bond acceptors (Lipinski definition) is 16. The van der Waals surface area contributed by atoms with Crippen molar-refractivity contribution in [2.45, 2.75) is 162 Å². The number of aryl methyl sites for hydroxylation is 8.